The van der Waals surface area contributed by atoms with Gasteiger partial charge in [-0.05, 0) is 54.8 Å². The third-order valence-corrected chi connectivity index (χ3v) is 23.7. The molecule has 0 bridgehead atoms. The summed E-state index contributed by atoms with van der Waals surface area (Å²) >= 11 is 14.3. The number of pyridine rings is 2. The van der Waals surface area contributed by atoms with Crippen LogP contribution in [-0.4, -0.2) is 98.3 Å². The Labute approximate surface area is 413 Å². The average Bonchev–Trinajstić information content (AvgIpc) is 3.27. The number of ether oxygens (including phenoxy) is 2. The highest BCUT2D eigenvalue weighted by Gasteiger charge is 2.42. The minimum absolute atomic E-state index is 0.107. The van der Waals surface area contributed by atoms with Gasteiger partial charge < -0.3 is 23.6 Å². The summed E-state index contributed by atoms with van der Waals surface area (Å²) in [6, 6.07) is 16.6. The van der Waals surface area contributed by atoms with E-state index in [2.05, 4.69) is 93.9 Å². The van der Waals surface area contributed by atoms with Crippen molar-refractivity contribution in [2.45, 2.75) is 110 Å². The van der Waals surface area contributed by atoms with Gasteiger partial charge in [-0.3, -0.25) is 24.6 Å². The summed E-state index contributed by atoms with van der Waals surface area (Å²) in [5.74, 6) is 0.526. The molecule has 7 rings (SSSR count). The largest absolute Gasteiger partial charge is 0.488 e. The van der Waals surface area contributed by atoms with E-state index in [0.717, 1.165) is 48.7 Å². The highest BCUT2D eigenvalue weighted by atomic mass is 35.5. The Morgan fingerprint density at radius 2 is 1.59 bits per heavy atom. The van der Waals surface area contributed by atoms with Gasteiger partial charge in [0.05, 0.1) is 52.1 Å². The van der Waals surface area contributed by atoms with Crippen molar-refractivity contribution in [3.63, 3.8) is 0 Å². The lowest BCUT2D eigenvalue weighted by atomic mass is 10.0. The number of aromatic nitrogens is 4. The maximum atomic E-state index is 14.2. The second kappa shape index (κ2) is 20.7. The van der Waals surface area contributed by atoms with Gasteiger partial charge in [0, 0.05) is 92.2 Å². The summed E-state index contributed by atoms with van der Waals surface area (Å²) in [6.07, 6.45) is 5.78. The topological polar surface area (TPSA) is 148 Å². The minimum Gasteiger partial charge on any atom is -0.488 e. The van der Waals surface area contributed by atoms with E-state index in [1.165, 1.54) is 6.20 Å². The molecule has 2 aliphatic rings. The maximum Gasteiger partial charge on any atom is 0.274 e. The van der Waals surface area contributed by atoms with E-state index < -0.39 is 22.5 Å². The molecule has 1 saturated heterocycles. The summed E-state index contributed by atoms with van der Waals surface area (Å²) in [6.45, 7) is 27.6. The van der Waals surface area contributed by atoms with Gasteiger partial charge in [-0.15, -0.1) is 0 Å². The van der Waals surface area contributed by atoms with Crippen LogP contribution in [0.2, 0.25) is 46.3 Å². The molecular weight excluding hydrogens is 932 g/mol. The summed E-state index contributed by atoms with van der Waals surface area (Å²) < 4.78 is 25.2. The van der Waals surface area contributed by atoms with Crippen molar-refractivity contribution in [3.8, 4) is 40.1 Å². The van der Waals surface area contributed by atoms with Gasteiger partial charge in [-0.2, -0.15) is 5.26 Å². The molecule has 360 valence electrons. The molecular formula is C51H64Cl2N8O5Si2. The number of benzene rings is 2. The smallest absolute Gasteiger partial charge is 0.274 e. The van der Waals surface area contributed by atoms with Crippen LogP contribution in [0, 0.1) is 11.3 Å². The molecule has 0 aliphatic carbocycles. The fraction of sp³-hybridized carbons (Fsp3) is 0.451. The van der Waals surface area contributed by atoms with E-state index in [0.29, 0.717) is 81.4 Å². The Morgan fingerprint density at radius 1 is 0.897 bits per heavy atom. The maximum absolute atomic E-state index is 14.2. The number of methoxy groups -OCH3 is 1. The number of carbonyl (C=O) groups is 1. The predicted molar refractivity (Wildman–Crippen MR) is 274 cm³/mol. The van der Waals surface area contributed by atoms with Crippen LogP contribution >= 0.6 is 23.2 Å². The Bertz CT molecular complexity index is 2700. The van der Waals surface area contributed by atoms with Crippen LogP contribution in [0.15, 0.2) is 67.1 Å². The van der Waals surface area contributed by atoms with E-state index in [4.69, 9.17) is 56.5 Å². The van der Waals surface area contributed by atoms with Crippen LogP contribution in [0.25, 0.3) is 22.4 Å². The van der Waals surface area contributed by atoms with Gasteiger partial charge in [0.25, 0.3) is 5.91 Å². The lowest BCUT2D eigenvalue weighted by Gasteiger charge is -2.46. The third-order valence-electron chi connectivity index (χ3n) is 13.8. The van der Waals surface area contributed by atoms with Crippen LogP contribution in [0.5, 0.6) is 11.6 Å². The molecule has 17 heteroatoms. The van der Waals surface area contributed by atoms with Crippen molar-refractivity contribution in [1.82, 2.24) is 29.7 Å². The molecule has 5 aromatic rings. The summed E-state index contributed by atoms with van der Waals surface area (Å²) in [5.41, 5.74) is 6.64. The Hall–Kier alpha value is -4.77. The van der Waals surface area contributed by atoms with Crippen molar-refractivity contribution >= 4 is 51.4 Å². The number of halogens is 2. The lowest BCUT2D eigenvalue weighted by molar-refractivity contribution is 0.00441. The van der Waals surface area contributed by atoms with Crippen LogP contribution in [0.3, 0.4) is 0 Å². The molecule has 2 aromatic carbocycles. The first kappa shape index (κ1) is 51.1. The number of hydrogen-bond acceptors (Lipinski definition) is 12. The average molecular weight is 996 g/mol. The number of carbonyl (C=O) groups excluding carboxylic acids is 1. The standard InChI is InChI=1S/C51H64Cl2N8O5Si2/c1-50(2,3)67(8,9)65-21-20-60-19-18-38-43(30-60)57-41(23-45(38)64-32-34-22-33(24-54)25-55-26-34)48(62)58-40-17-13-15-37(47(40)53)36-14-12-16-39(46(36)52)42-27-56-44(49(59-42)63-7)31-61-28-35(29-61)66-68(10,11)51(4,5)6/h12-17,22-23,25-27,35H,18-21,28-32H2,1-11H3,(H,58,62). The summed E-state index contributed by atoms with van der Waals surface area (Å²) in [7, 11) is -2.19. The molecule has 5 heterocycles. The number of likely N-dealkylation sites (tertiary alicyclic amines) is 1. The molecule has 13 nitrogen and oxygen atoms in total. The van der Waals surface area contributed by atoms with Crippen molar-refractivity contribution in [2.75, 3.05) is 45.2 Å². The summed E-state index contributed by atoms with van der Waals surface area (Å²) in [4.78, 5) is 37.6. The number of fused-ring (bicyclic) bond motifs is 1. The van der Waals surface area contributed by atoms with Crippen molar-refractivity contribution in [1.29, 1.82) is 5.26 Å². The predicted octanol–water partition coefficient (Wildman–Crippen LogP) is 11.2. The zero-order chi connectivity index (χ0) is 49.2. The number of anilines is 1. The number of nitrogens with one attached hydrogen (secondary N) is 1. The lowest BCUT2D eigenvalue weighted by Crippen LogP contribution is -2.57. The number of nitriles is 1. The second-order valence-electron chi connectivity index (χ2n) is 20.7. The first-order valence-electron chi connectivity index (χ1n) is 23.1. The fourth-order valence-corrected chi connectivity index (χ4v) is 10.7. The van der Waals surface area contributed by atoms with Gasteiger partial charge in [0.1, 0.15) is 29.8 Å². The van der Waals surface area contributed by atoms with Crippen molar-refractivity contribution < 1.29 is 23.1 Å². The van der Waals surface area contributed by atoms with Gasteiger partial charge in [0.15, 0.2) is 16.6 Å². The molecule has 2 aliphatic heterocycles. The quantitative estimate of drug-likeness (QED) is 0.0938. The molecule has 0 saturated carbocycles. The molecule has 1 amide bonds. The molecule has 1 fully saturated rings. The normalized spacial score (nSPS) is 15.1. The first-order valence-corrected chi connectivity index (χ1v) is 29.7. The number of nitrogens with zero attached hydrogens (tertiary/aromatic N) is 7. The van der Waals surface area contributed by atoms with Crippen LogP contribution in [-0.2, 0) is 35.0 Å². The SMILES string of the molecule is COc1nc(-c2cccc(-c3cccc(NC(=O)c4cc(OCc5cncc(C#N)c5)c5c(n4)CN(CCO[Si](C)(C)C(C)(C)C)CC5)c3Cl)c2Cl)cnc1CN1CC(O[Si](C)(C)C(C)(C)C)C1. The van der Waals surface area contributed by atoms with E-state index in [1.54, 1.807) is 37.7 Å². The zero-order valence-corrected chi connectivity index (χ0v) is 44.7. The van der Waals surface area contributed by atoms with E-state index >= 15 is 0 Å². The monoisotopic (exact) mass is 994 g/mol. The Kier molecular flexibility index (Phi) is 15.5. The van der Waals surface area contributed by atoms with Crippen LogP contribution in [0.1, 0.15) is 80.1 Å². The second-order valence-corrected chi connectivity index (χ2v) is 31.1. The third kappa shape index (κ3) is 11.6. The molecule has 68 heavy (non-hydrogen) atoms. The molecule has 0 atom stereocenters. The molecule has 1 N–H and O–H groups in total. The first-order chi connectivity index (χ1) is 32.1. The van der Waals surface area contributed by atoms with Gasteiger partial charge in [-0.1, -0.05) is 95.1 Å². The highest BCUT2D eigenvalue weighted by Crippen LogP contribution is 2.43. The van der Waals surface area contributed by atoms with Crippen LogP contribution < -0.4 is 14.8 Å². The highest BCUT2D eigenvalue weighted by molar-refractivity contribution is 6.74. The van der Waals surface area contributed by atoms with Crippen LogP contribution in [0.4, 0.5) is 5.69 Å². The van der Waals surface area contributed by atoms with E-state index in [-0.39, 0.29) is 28.5 Å². The van der Waals surface area contributed by atoms with Crippen molar-refractivity contribution in [2.24, 2.45) is 0 Å². The molecule has 3 aromatic heterocycles. The fourth-order valence-electron chi connectivity index (χ4n) is 7.72. The molecule has 0 unspecified atom stereocenters. The zero-order valence-electron chi connectivity index (χ0n) is 41.2. The van der Waals surface area contributed by atoms with E-state index in [1.807, 2.05) is 30.3 Å². The minimum atomic E-state index is -1.93. The Morgan fingerprint density at radius 3 is 2.28 bits per heavy atom. The Balaban J connectivity index is 1.09. The van der Waals surface area contributed by atoms with Gasteiger partial charge in [0.2, 0.25) is 5.88 Å². The number of hydrogen-bond donors (Lipinski definition) is 1. The van der Waals surface area contributed by atoms with E-state index in [9.17, 15) is 10.1 Å². The van der Waals surface area contributed by atoms with Gasteiger partial charge >= 0.3 is 0 Å². The molecule has 0 radical (unpaired) electrons. The number of amides is 1. The summed E-state index contributed by atoms with van der Waals surface area (Å²) in [5, 5.41) is 13.4. The van der Waals surface area contributed by atoms with Gasteiger partial charge in [-0.25, -0.2) is 9.97 Å². The number of rotatable bonds is 16. The van der Waals surface area contributed by atoms with Crippen molar-refractivity contribution in [3.05, 3.63) is 111 Å². The molecule has 0 spiro atoms.